The zero-order chi connectivity index (χ0) is 6.85. The van der Waals surface area contributed by atoms with E-state index in [1.807, 2.05) is 5.01 Å². The van der Waals surface area contributed by atoms with Crippen LogP contribution in [0.4, 0.5) is 0 Å². The number of nitrogens with two attached hydrogens (primary N) is 1. The highest BCUT2D eigenvalue weighted by molar-refractivity contribution is 5.03. The summed E-state index contributed by atoms with van der Waals surface area (Å²) >= 11 is 0. The lowest BCUT2D eigenvalue weighted by Crippen LogP contribution is -2.39. The minimum atomic E-state index is 0.463. The Morgan fingerprint density at radius 3 is 2.56 bits per heavy atom. The maximum absolute atomic E-state index is 5.65. The van der Waals surface area contributed by atoms with Gasteiger partial charge in [0.05, 0.1) is 0 Å². The molecule has 0 aliphatic carbocycles. The molecule has 9 heavy (non-hydrogen) atoms. The fourth-order valence-corrected chi connectivity index (χ4v) is 1.16. The summed E-state index contributed by atoms with van der Waals surface area (Å²) in [6.07, 6.45) is 4.29. The molecule has 0 fully saturated rings. The molecule has 2 N–H and O–H groups in total. The monoisotopic (exact) mass is 126 g/mol. The SMILES string of the molecule is CC(C)C1C=CCN1N. The molecular formula is C7H14N2. The molecule has 2 heteroatoms. The van der Waals surface area contributed by atoms with Gasteiger partial charge in [-0.25, -0.2) is 5.01 Å². The minimum Gasteiger partial charge on any atom is -0.268 e. The van der Waals surface area contributed by atoms with Gasteiger partial charge in [-0.1, -0.05) is 26.0 Å². The summed E-state index contributed by atoms with van der Waals surface area (Å²) in [6, 6.07) is 0.463. The Balaban J connectivity index is 2.49. The van der Waals surface area contributed by atoms with Gasteiger partial charge >= 0.3 is 0 Å². The molecule has 0 amide bonds. The van der Waals surface area contributed by atoms with Crippen LogP contribution in [0.5, 0.6) is 0 Å². The Hall–Kier alpha value is -0.340. The van der Waals surface area contributed by atoms with Crippen molar-refractivity contribution in [1.29, 1.82) is 0 Å². The van der Waals surface area contributed by atoms with Gasteiger partial charge in [0.25, 0.3) is 0 Å². The van der Waals surface area contributed by atoms with Gasteiger partial charge in [0.2, 0.25) is 0 Å². The molecule has 52 valence electrons. The number of hydrogen-bond acceptors (Lipinski definition) is 2. The van der Waals surface area contributed by atoms with Crippen LogP contribution in [-0.4, -0.2) is 17.6 Å². The van der Waals surface area contributed by atoms with Crippen molar-refractivity contribution in [3.8, 4) is 0 Å². The molecule has 0 saturated carbocycles. The Morgan fingerprint density at radius 1 is 1.67 bits per heavy atom. The van der Waals surface area contributed by atoms with E-state index in [0.717, 1.165) is 6.54 Å². The second-order valence-corrected chi connectivity index (χ2v) is 2.86. The Bertz CT molecular complexity index is 118. The number of hydrazine groups is 1. The lowest BCUT2D eigenvalue weighted by molar-refractivity contribution is 0.233. The van der Waals surface area contributed by atoms with Crippen molar-refractivity contribution in [3.05, 3.63) is 12.2 Å². The Kier molecular flexibility index (Phi) is 1.88. The number of nitrogens with zero attached hydrogens (tertiary/aromatic N) is 1. The van der Waals surface area contributed by atoms with E-state index < -0.39 is 0 Å². The van der Waals surface area contributed by atoms with Crippen molar-refractivity contribution >= 4 is 0 Å². The largest absolute Gasteiger partial charge is 0.268 e. The molecule has 0 spiro atoms. The molecule has 1 heterocycles. The van der Waals surface area contributed by atoms with E-state index in [1.165, 1.54) is 0 Å². The fraction of sp³-hybridized carbons (Fsp3) is 0.714. The summed E-state index contributed by atoms with van der Waals surface area (Å²) in [6.45, 7) is 5.27. The molecule has 1 atom stereocenters. The van der Waals surface area contributed by atoms with Gasteiger partial charge in [0, 0.05) is 12.6 Å². The molecule has 0 aromatic carbocycles. The second-order valence-electron chi connectivity index (χ2n) is 2.86. The van der Waals surface area contributed by atoms with E-state index in [2.05, 4.69) is 26.0 Å². The molecular weight excluding hydrogens is 112 g/mol. The summed E-state index contributed by atoms with van der Waals surface area (Å²) in [5, 5.41) is 1.87. The van der Waals surface area contributed by atoms with Crippen LogP contribution in [0, 0.1) is 5.92 Å². The molecule has 1 aliphatic rings. The van der Waals surface area contributed by atoms with Crippen molar-refractivity contribution in [2.45, 2.75) is 19.9 Å². The third-order valence-corrected chi connectivity index (χ3v) is 1.72. The van der Waals surface area contributed by atoms with Gasteiger partial charge < -0.3 is 0 Å². The third-order valence-electron chi connectivity index (χ3n) is 1.72. The van der Waals surface area contributed by atoms with E-state index in [9.17, 15) is 0 Å². The quantitative estimate of drug-likeness (QED) is 0.415. The first-order chi connectivity index (χ1) is 4.22. The summed E-state index contributed by atoms with van der Waals surface area (Å²) in [7, 11) is 0. The molecule has 0 saturated heterocycles. The van der Waals surface area contributed by atoms with Crippen molar-refractivity contribution in [1.82, 2.24) is 5.01 Å². The van der Waals surface area contributed by atoms with Crippen LogP contribution in [0.15, 0.2) is 12.2 Å². The number of rotatable bonds is 1. The summed E-state index contributed by atoms with van der Waals surface area (Å²) in [5.74, 6) is 6.28. The molecule has 0 aromatic rings. The number of hydrogen-bond donors (Lipinski definition) is 1. The molecule has 1 unspecified atom stereocenters. The highest BCUT2D eigenvalue weighted by Gasteiger charge is 2.18. The first-order valence-corrected chi connectivity index (χ1v) is 3.40. The molecule has 1 aliphatic heterocycles. The lowest BCUT2D eigenvalue weighted by atomic mass is 10.1. The third kappa shape index (κ3) is 1.32. The lowest BCUT2D eigenvalue weighted by Gasteiger charge is -2.21. The first-order valence-electron chi connectivity index (χ1n) is 3.40. The molecule has 0 aromatic heterocycles. The van der Waals surface area contributed by atoms with Crippen molar-refractivity contribution in [3.63, 3.8) is 0 Å². The molecule has 2 nitrogen and oxygen atoms in total. The fourth-order valence-electron chi connectivity index (χ4n) is 1.16. The van der Waals surface area contributed by atoms with Gasteiger partial charge in [-0.05, 0) is 5.92 Å². The van der Waals surface area contributed by atoms with Crippen LogP contribution < -0.4 is 5.84 Å². The first kappa shape index (κ1) is 6.78. The smallest absolute Gasteiger partial charge is 0.0448 e. The van der Waals surface area contributed by atoms with Crippen LogP contribution in [-0.2, 0) is 0 Å². The average molecular weight is 126 g/mol. The Morgan fingerprint density at radius 2 is 2.33 bits per heavy atom. The standard InChI is InChI=1S/C7H14N2/c1-6(2)7-4-3-5-9(7)8/h3-4,6-7H,5,8H2,1-2H3. The van der Waals surface area contributed by atoms with Gasteiger partial charge in [-0.2, -0.15) is 0 Å². The molecule has 1 rings (SSSR count). The predicted molar refractivity (Wildman–Crippen MR) is 38.7 cm³/mol. The van der Waals surface area contributed by atoms with Crippen LogP contribution in [0.25, 0.3) is 0 Å². The van der Waals surface area contributed by atoms with Crippen LogP contribution in [0.1, 0.15) is 13.8 Å². The second kappa shape index (κ2) is 2.50. The molecule has 0 bridgehead atoms. The zero-order valence-electron chi connectivity index (χ0n) is 6.04. The normalized spacial score (nSPS) is 28.2. The highest BCUT2D eigenvalue weighted by Crippen LogP contribution is 2.12. The van der Waals surface area contributed by atoms with E-state index in [-0.39, 0.29) is 0 Å². The maximum Gasteiger partial charge on any atom is 0.0448 e. The Labute approximate surface area is 56.3 Å². The van der Waals surface area contributed by atoms with Crippen molar-refractivity contribution in [2.24, 2.45) is 11.8 Å². The summed E-state index contributed by atoms with van der Waals surface area (Å²) in [5.41, 5.74) is 0. The van der Waals surface area contributed by atoms with Crippen molar-refractivity contribution < 1.29 is 0 Å². The van der Waals surface area contributed by atoms with Crippen LogP contribution in [0.2, 0.25) is 0 Å². The van der Waals surface area contributed by atoms with Crippen LogP contribution >= 0.6 is 0 Å². The van der Waals surface area contributed by atoms with Gasteiger partial charge in [-0.15, -0.1) is 0 Å². The maximum atomic E-state index is 5.65. The van der Waals surface area contributed by atoms with Gasteiger partial charge in [0.1, 0.15) is 0 Å². The van der Waals surface area contributed by atoms with E-state index >= 15 is 0 Å². The minimum absolute atomic E-state index is 0.463. The molecule has 0 radical (unpaired) electrons. The van der Waals surface area contributed by atoms with E-state index in [4.69, 9.17) is 5.84 Å². The van der Waals surface area contributed by atoms with E-state index in [1.54, 1.807) is 0 Å². The zero-order valence-corrected chi connectivity index (χ0v) is 6.04. The average Bonchev–Trinajstić information content (AvgIpc) is 2.13. The predicted octanol–water partition coefficient (Wildman–Crippen LogP) is 0.756. The summed E-state index contributed by atoms with van der Waals surface area (Å²) in [4.78, 5) is 0. The topological polar surface area (TPSA) is 29.3 Å². The highest BCUT2D eigenvalue weighted by atomic mass is 15.4. The van der Waals surface area contributed by atoms with Crippen molar-refractivity contribution in [2.75, 3.05) is 6.54 Å². The van der Waals surface area contributed by atoms with E-state index in [0.29, 0.717) is 12.0 Å². The van der Waals surface area contributed by atoms with Crippen LogP contribution in [0.3, 0.4) is 0 Å². The summed E-state index contributed by atoms with van der Waals surface area (Å²) < 4.78 is 0. The van der Waals surface area contributed by atoms with Gasteiger partial charge in [-0.3, -0.25) is 5.84 Å². The van der Waals surface area contributed by atoms with Gasteiger partial charge in [0.15, 0.2) is 0 Å².